The smallest absolute Gasteiger partial charge is 0.373 e. The van der Waals surface area contributed by atoms with Gasteiger partial charge in [0.15, 0.2) is 0 Å². The first-order valence-corrected chi connectivity index (χ1v) is 10.9. The highest BCUT2D eigenvalue weighted by Gasteiger charge is 2.29. The van der Waals surface area contributed by atoms with Gasteiger partial charge in [-0.05, 0) is 58.1 Å². The number of carbonyl (C=O) groups excluding carboxylic acids is 1. The molecular formula is C19H30N3O5P. The lowest BCUT2D eigenvalue weighted by molar-refractivity contribution is -0.141. The maximum Gasteiger partial charge on any atom is 0.373 e. The molecule has 2 rings (SSSR count). The summed E-state index contributed by atoms with van der Waals surface area (Å²) in [5.74, 6) is 0.246. The summed E-state index contributed by atoms with van der Waals surface area (Å²) in [7, 11) is 2.09. The van der Waals surface area contributed by atoms with Crippen LogP contribution in [-0.4, -0.2) is 62.7 Å². The Morgan fingerprint density at radius 1 is 1.25 bits per heavy atom. The van der Waals surface area contributed by atoms with E-state index in [0.29, 0.717) is 0 Å². The van der Waals surface area contributed by atoms with Crippen LogP contribution in [0.1, 0.15) is 19.4 Å². The third kappa shape index (κ3) is 5.35. The van der Waals surface area contributed by atoms with Gasteiger partial charge in [-0.25, -0.2) is 9.65 Å². The predicted octanol–water partition coefficient (Wildman–Crippen LogP) is 2.90. The van der Waals surface area contributed by atoms with E-state index in [0.717, 1.165) is 35.2 Å². The molecule has 156 valence electrons. The van der Waals surface area contributed by atoms with Crippen LogP contribution >= 0.6 is 7.67 Å². The van der Waals surface area contributed by atoms with E-state index >= 15 is 0 Å². The summed E-state index contributed by atoms with van der Waals surface area (Å²) >= 11 is 0. The molecule has 1 aromatic carbocycles. The molecule has 0 aliphatic carbocycles. The number of nitrogens with one attached hydrogen (secondary N) is 1. The number of benzene rings is 1. The van der Waals surface area contributed by atoms with Gasteiger partial charge in [0.1, 0.15) is 12.3 Å². The lowest BCUT2D eigenvalue weighted by atomic mass is 10.1. The molecule has 0 radical (unpaired) electrons. The predicted molar refractivity (Wildman–Crippen MR) is 110 cm³/mol. The van der Waals surface area contributed by atoms with Crippen molar-refractivity contribution in [2.75, 3.05) is 47.5 Å². The van der Waals surface area contributed by atoms with Gasteiger partial charge in [-0.1, -0.05) is 0 Å². The Balaban J connectivity index is 2.48. The van der Waals surface area contributed by atoms with Crippen LogP contribution in [0.3, 0.4) is 0 Å². The minimum absolute atomic E-state index is 0.200. The zero-order valence-corrected chi connectivity index (χ0v) is 18.1. The Morgan fingerprint density at radius 2 is 2.00 bits per heavy atom. The Hall–Kier alpha value is -1.86. The minimum Gasteiger partial charge on any atom is -0.497 e. The molecule has 0 saturated carbocycles. The first-order chi connectivity index (χ1) is 13.3. The number of hydrogen-bond donors (Lipinski definition) is 1. The van der Waals surface area contributed by atoms with Crippen LogP contribution in [0.2, 0.25) is 0 Å². The second-order valence-electron chi connectivity index (χ2n) is 6.51. The van der Waals surface area contributed by atoms with E-state index in [-0.39, 0.29) is 19.8 Å². The van der Waals surface area contributed by atoms with E-state index in [1.165, 1.54) is 0 Å². The minimum atomic E-state index is -3.53. The molecular weight excluding hydrogens is 381 g/mol. The van der Waals surface area contributed by atoms with Crippen LogP contribution in [0, 0.1) is 0 Å². The summed E-state index contributed by atoms with van der Waals surface area (Å²) in [6, 6.07) is 5.60. The largest absolute Gasteiger partial charge is 0.497 e. The fraction of sp³-hybridized carbons (Fsp3) is 0.526. The Morgan fingerprint density at radius 3 is 2.61 bits per heavy atom. The summed E-state index contributed by atoms with van der Waals surface area (Å²) < 4.78 is 31.1. The molecule has 9 heteroatoms. The normalized spacial score (nSPS) is 13.6. The van der Waals surface area contributed by atoms with Gasteiger partial charge < -0.3 is 18.9 Å². The number of methoxy groups -OCH3 is 1. The third-order valence-corrected chi connectivity index (χ3v) is 6.28. The fourth-order valence-corrected chi connectivity index (χ4v) is 4.68. The number of hydrogen-bond acceptors (Lipinski definition) is 6. The first-order valence-electron chi connectivity index (χ1n) is 9.33. The maximum absolute atomic E-state index is 13.6. The zero-order chi connectivity index (χ0) is 20.7. The second-order valence-corrected chi connectivity index (χ2v) is 8.56. The van der Waals surface area contributed by atoms with Crippen LogP contribution in [0.4, 0.5) is 0 Å². The lowest BCUT2D eigenvalue weighted by Crippen LogP contribution is -2.26. The number of ether oxygens (including phenoxy) is 2. The summed E-state index contributed by atoms with van der Waals surface area (Å²) in [6.07, 6.45) is 2.61. The molecule has 1 aromatic heterocycles. The van der Waals surface area contributed by atoms with Crippen molar-refractivity contribution in [2.24, 2.45) is 0 Å². The molecule has 0 aliphatic heterocycles. The van der Waals surface area contributed by atoms with E-state index in [1.807, 2.05) is 38.5 Å². The van der Waals surface area contributed by atoms with E-state index < -0.39 is 13.6 Å². The average molecular weight is 411 g/mol. The molecule has 0 amide bonds. The van der Waals surface area contributed by atoms with Crippen molar-refractivity contribution < 1.29 is 23.4 Å². The molecule has 8 nitrogen and oxygen atoms in total. The molecule has 0 bridgehead atoms. The molecule has 1 unspecified atom stereocenters. The van der Waals surface area contributed by atoms with Gasteiger partial charge in [0, 0.05) is 18.1 Å². The zero-order valence-electron chi connectivity index (χ0n) is 17.2. The molecule has 0 spiro atoms. The number of aromatic nitrogens is 1. The molecule has 0 fully saturated rings. The summed E-state index contributed by atoms with van der Waals surface area (Å²) in [4.78, 5) is 13.9. The first kappa shape index (κ1) is 22.4. The number of rotatable bonds is 11. The quantitative estimate of drug-likeness (QED) is 0.450. The highest BCUT2D eigenvalue weighted by atomic mass is 31.2. The number of esters is 1. The molecule has 1 heterocycles. The van der Waals surface area contributed by atoms with E-state index in [4.69, 9.17) is 14.0 Å². The van der Waals surface area contributed by atoms with Crippen molar-refractivity contribution in [3.63, 3.8) is 0 Å². The molecule has 1 N–H and O–H groups in total. The van der Waals surface area contributed by atoms with Crippen LogP contribution in [0.5, 0.6) is 5.75 Å². The highest BCUT2D eigenvalue weighted by molar-refractivity contribution is 7.55. The lowest BCUT2D eigenvalue weighted by Gasteiger charge is -2.20. The second kappa shape index (κ2) is 10.1. The van der Waals surface area contributed by atoms with Crippen LogP contribution < -0.4 is 9.82 Å². The van der Waals surface area contributed by atoms with Gasteiger partial charge >= 0.3 is 13.6 Å². The van der Waals surface area contributed by atoms with E-state index in [2.05, 4.69) is 9.99 Å². The van der Waals surface area contributed by atoms with Crippen molar-refractivity contribution >= 4 is 24.5 Å². The molecule has 0 aliphatic rings. The van der Waals surface area contributed by atoms with Gasteiger partial charge in [-0.2, -0.15) is 0 Å². The van der Waals surface area contributed by atoms with Crippen molar-refractivity contribution in [3.05, 3.63) is 30.0 Å². The van der Waals surface area contributed by atoms with Crippen molar-refractivity contribution in [1.82, 2.24) is 14.3 Å². The van der Waals surface area contributed by atoms with Crippen LogP contribution in [0.25, 0.3) is 10.9 Å². The molecule has 2 aromatic rings. The standard InChI is InChI=1S/C19H30N3O5P/c1-6-26-19(23)13-20-28(24,27-7-2)22-14-15(10-11-21(3)4)17-12-16(25-5)8-9-18(17)22/h8-9,12,14H,6-7,10-11,13H2,1-5H3,(H,20,24). The van der Waals surface area contributed by atoms with Crippen molar-refractivity contribution in [1.29, 1.82) is 0 Å². The van der Waals surface area contributed by atoms with Gasteiger partial charge in [0.2, 0.25) is 0 Å². The summed E-state index contributed by atoms with van der Waals surface area (Å²) in [5.41, 5.74) is 1.78. The van der Waals surface area contributed by atoms with Gasteiger partial charge in [0.25, 0.3) is 0 Å². The molecule has 1 atom stereocenters. The van der Waals surface area contributed by atoms with E-state index in [1.54, 1.807) is 25.3 Å². The van der Waals surface area contributed by atoms with Crippen molar-refractivity contribution in [2.45, 2.75) is 20.3 Å². The summed E-state index contributed by atoms with van der Waals surface area (Å²) in [5, 5.41) is 3.72. The Labute approximate surface area is 166 Å². The number of carbonyl (C=O) groups is 1. The summed E-state index contributed by atoms with van der Waals surface area (Å²) in [6.45, 7) is 4.63. The molecule has 0 saturated heterocycles. The third-order valence-electron chi connectivity index (χ3n) is 4.22. The fourth-order valence-electron chi connectivity index (χ4n) is 2.88. The van der Waals surface area contributed by atoms with Gasteiger partial charge in [-0.3, -0.25) is 9.13 Å². The van der Waals surface area contributed by atoms with E-state index in [9.17, 15) is 9.36 Å². The van der Waals surface area contributed by atoms with Crippen LogP contribution in [-0.2, 0) is 25.0 Å². The molecule has 28 heavy (non-hydrogen) atoms. The average Bonchev–Trinajstić information content (AvgIpc) is 3.04. The SMILES string of the molecule is CCOC(=O)CNP(=O)(OCC)n1cc(CCN(C)C)c2cc(OC)ccc21. The topological polar surface area (TPSA) is 82.0 Å². The van der Waals surface area contributed by atoms with Gasteiger partial charge in [-0.15, -0.1) is 0 Å². The van der Waals surface area contributed by atoms with Gasteiger partial charge in [0.05, 0.1) is 25.8 Å². The van der Waals surface area contributed by atoms with Crippen LogP contribution in [0.15, 0.2) is 24.4 Å². The van der Waals surface area contributed by atoms with Crippen molar-refractivity contribution in [3.8, 4) is 5.75 Å². The maximum atomic E-state index is 13.6. The highest BCUT2D eigenvalue weighted by Crippen LogP contribution is 2.47. The monoisotopic (exact) mass is 411 g/mol. The number of fused-ring (bicyclic) bond motifs is 1. The Bertz CT molecular complexity index is 849. The number of nitrogens with zero attached hydrogens (tertiary/aromatic N) is 2. The number of likely N-dealkylation sites (N-methyl/N-ethyl adjacent to an activating group) is 1. The Kier molecular flexibility index (Phi) is 8.07.